The van der Waals surface area contributed by atoms with E-state index in [0.717, 1.165) is 4.31 Å². The van der Waals surface area contributed by atoms with Gasteiger partial charge in [-0.2, -0.15) is 5.26 Å². The van der Waals surface area contributed by atoms with E-state index in [2.05, 4.69) is 0 Å². The zero-order valence-electron chi connectivity index (χ0n) is 10.5. The third-order valence-electron chi connectivity index (χ3n) is 1.61. The van der Waals surface area contributed by atoms with Crippen molar-refractivity contribution < 1.29 is 13.7 Å². The Labute approximate surface area is 99.0 Å². The monoisotopic (exact) mass is 246 g/mol. The smallest absolute Gasteiger partial charge is 0.422 e. The quantitative estimate of drug-likeness (QED) is 0.745. The van der Waals surface area contributed by atoms with Gasteiger partial charge in [-0.1, -0.05) is 0 Å². The molecule has 92 valence electrons. The largest absolute Gasteiger partial charge is 0.443 e. The van der Waals surface area contributed by atoms with Crippen LogP contribution in [0.1, 0.15) is 34.6 Å². The van der Waals surface area contributed by atoms with Gasteiger partial charge in [-0.05, 0) is 34.6 Å². The Morgan fingerprint density at radius 1 is 1.31 bits per heavy atom. The molecular weight excluding hydrogens is 228 g/mol. The van der Waals surface area contributed by atoms with Crippen LogP contribution in [-0.2, 0) is 15.7 Å². The molecule has 16 heavy (non-hydrogen) atoms. The van der Waals surface area contributed by atoms with Gasteiger partial charge >= 0.3 is 6.09 Å². The summed E-state index contributed by atoms with van der Waals surface area (Å²) in [6.07, 6.45) is -0.700. The number of rotatable bonds is 2. The molecule has 0 bridgehead atoms. The maximum Gasteiger partial charge on any atom is 0.422 e. The zero-order valence-corrected chi connectivity index (χ0v) is 11.3. The van der Waals surface area contributed by atoms with E-state index < -0.39 is 27.4 Å². The van der Waals surface area contributed by atoms with Crippen molar-refractivity contribution in [3.63, 3.8) is 0 Å². The Morgan fingerprint density at radius 3 is 2.06 bits per heavy atom. The van der Waals surface area contributed by atoms with Crippen molar-refractivity contribution in [2.45, 2.75) is 45.0 Å². The number of ether oxygens (including phenoxy) is 1. The number of hydrogen-bond donors (Lipinski definition) is 0. The van der Waals surface area contributed by atoms with Crippen LogP contribution in [0.25, 0.3) is 0 Å². The molecule has 0 rings (SSSR count). The zero-order chi connectivity index (χ0) is 13.1. The first-order valence-electron chi connectivity index (χ1n) is 4.81. The second-order valence-corrected chi connectivity index (χ2v) is 6.92. The van der Waals surface area contributed by atoms with E-state index >= 15 is 0 Å². The lowest BCUT2D eigenvalue weighted by molar-refractivity contribution is 0.0425. The highest BCUT2D eigenvalue weighted by molar-refractivity contribution is 7.84. The van der Waals surface area contributed by atoms with Crippen LogP contribution in [0.5, 0.6) is 0 Å². The molecule has 1 unspecified atom stereocenters. The first-order valence-corrected chi connectivity index (χ1v) is 5.92. The summed E-state index contributed by atoms with van der Waals surface area (Å²) >= 11 is 0. The molecule has 0 fully saturated rings. The summed E-state index contributed by atoms with van der Waals surface area (Å²) in [4.78, 5) is 11.6. The molecule has 0 aromatic heterocycles. The van der Waals surface area contributed by atoms with Crippen molar-refractivity contribution in [2.75, 3.05) is 7.05 Å². The highest BCUT2D eigenvalue weighted by atomic mass is 32.2. The van der Waals surface area contributed by atoms with Gasteiger partial charge in [-0.15, -0.1) is 0 Å². The topological polar surface area (TPSA) is 70.4 Å². The molecule has 0 radical (unpaired) electrons. The van der Waals surface area contributed by atoms with Crippen LogP contribution in [-0.4, -0.2) is 32.0 Å². The van der Waals surface area contributed by atoms with Gasteiger partial charge in [-0.3, -0.25) is 0 Å². The van der Waals surface area contributed by atoms with Crippen molar-refractivity contribution in [3.05, 3.63) is 0 Å². The number of carbonyl (C=O) groups excluding carboxylic acids is 1. The van der Waals surface area contributed by atoms with E-state index in [1.165, 1.54) is 20.9 Å². The Morgan fingerprint density at radius 2 is 1.75 bits per heavy atom. The average Bonchev–Trinajstić information content (AvgIpc) is 2.12. The summed E-state index contributed by atoms with van der Waals surface area (Å²) in [5.74, 6) is 0. The molecule has 0 saturated heterocycles. The number of carbonyl (C=O) groups is 1. The van der Waals surface area contributed by atoms with E-state index in [9.17, 15) is 9.00 Å². The summed E-state index contributed by atoms with van der Waals surface area (Å²) in [5.41, 5.74) is -0.646. The summed E-state index contributed by atoms with van der Waals surface area (Å²) in [6, 6.07) is 1.89. The van der Waals surface area contributed by atoms with Crippen LogP contribution in [0, 0.1) is 11.3 Å². The minimum atomic E-state index is -1.74. The van der Waals surface area contributed by atoms with E-state index in [-0.39, 0.29) is 0 Å². The van der Waals surface area contributed by atoms with Crippen molar-refractivity contribution in [3.8, 4) is 6.07 Å². The van der Waals surface area contributed by atoms with Crippen molar-refractivity contribution in [2.24, 2.45) is 0 Å². The van der Waals surface area contributed by atoms with E-state index in [4.69, 9.17) is 10.00 Å². The van der Waals surface area contributed by atoms with Crippen molar-refractivity contribution in [1.29, 1.82) is 5.26 Å². The first kappa shape index (κ1) is 14.9. The van der Waals surface area contributed by atoms with E-state index in [0.29, 0.717) is 0 Å². The van der Waals surface area contributed by atoms with E-state index in [1.807, 2.05) is 6.07 Å². The predicted octanol–water partition coefficient (Wildman–Crippen LogP) is 1.82. The molecule has 6 heteroatoms. The molecule has 1 amide bonds. The molecule has 0 aromatic rings. The van der Waals surface area contributed by atoms with Crippen LogP contribution in [0.2, 0.25) is 0 Å². The van der Waals surface area contributed by atoms with Gasteiger partial charge in [0.1, 0.15) is 21.3 Å². The molecule has 0 aromatic carbocycles. The van der Waals surface area contributed by atoms with Gasteiger partial charge < -0.3 is 4.74 Å². The summed E-state index contributed by atoms with van der Waals surface area (Å²) in [7, 11) is -0.392. The maximum absolute atomic E-state index is 11.8. The standard InChI is InChI=1S/C10H18N2O3S/c1-9(2,3)15-8(13)12(6)16(14)10(4,5)7-11/h1-6H3. The summed E-state index contributed by atoms with van der Waals surface area (Å²) in [6.45, 7) is 8.17. The Balaban J connectivity index is 4.72. The summed E-state index contributed by atoms with van der Waals surface area (Å²) < 4.78 is 16.7. The minimum absolute atomic E-state index is 0.646. The van der Waals surface area contributed by atoms with Gasteiger partial charge in [0, 0.05) is 7.05 Å². The molecule has 0 saturated carbocycles. The lowest BCUT2D eigenvalue weighted by Crippen LogP contribution is -2.42. The molecule has 0 aliphatic rings. The highest BCUT2D eigenvalue weighted by Crippen LogP contribution is 2.17. The lowest BCUT2D eigenvalue weighted by Gasteiger charge is -2.27. The van der Waals surface area contributed by atoms with Crippen LogP contribution in [0.3, 0.4) is 0 Å². The van der Waals surface area contributed by atoms with Crippen molar-refractivity contribution >= 4 is 17.1 Å². The normalized spacial score (nSPS) is 13.8. The van der Waals surface area contributed by atoms with Crippen LogP contribution in [0.15, 0.2) is 0 Å². The second kappa shape index (κ2) is 4.83. The number of nitrogens with zero attached hydrogens (tertiary/aromatic N) is 2. The fourth-order valence-corrected chi connectivity index (χ4v) is 1.71. The predicted molar refractivity (Wildman–Crippen MR) is 61.8 cm³/mol. The van der Waals surface area contributed by atoms with Gasteiger partial charge in [0.25, 0.3) is 0 Å². The van der Waals surface area contributed by atoms with Gasteiger partial charge in [0.05, 0.1) is 6.07 Å². The van der Waals surface area contributed by atoms with Crippen LogP contribution < -0.4 is 0 Å². The second-order valence-electron chi connectivity index (χ2n) is 4.85. The molecule has 0 aliphatic heterocycles. The number of amides is 1. The fourth-order valence-electron chi connectivity index (χ4n) is 0.775. The third-order valence-corrected chi connectivity index (χ3v) is 3.22. The number of hydrogen-bond acceptors (Lipinski definition) is 4. The molecule has 0 aliphatic carbocycles. The number of nitriles is 1. The van der Waals surface area contributed by atoms with E-state index in [1.54, 1.807) is 20.8 Å². The summed E-state index contributed by atoms with van der Waals surface area (Å²) in [5, 5.41) is 8.81. The fraction of sp³-hybridized carbons (Fsp3) is 0.800. The Kier molecular flexibility index (Phi) is 4.50. The minimum Gasteiger partial charge on any atom is -0.443 e. The molecule has 1 atom stereocenters. The molecule has 0 heterocycles. The van der Waals surface area contributed by atoms with Crippen LogP contribution >= 0.6 is 0 Å². The third kappa shape index (κ3) is 4.19. The average molecular weight is 246 g/mol. The Hall–Kier alpha value is -1.09. The highest BCUT2D eigenvalue weighted by Gasteiger charge is 2.33. The van der Waals surface area contributed by atoms with Gasteiger partial charge in [0.15, 0.2) is 0 Å². The molecule has 5 nitrogen and oxygen atoms in total. The molecule has 0 spiro atoms. The van der Waals surface area contributed by atoms with Gasteiger partial charge in [0.2, 0.25) is 0 Å². The Bertz CT molecular complexity index is 339. The SMILES string of the molecule is CN(C(=O)OC(C)(C)C)S(=O)C(C)(C)C#N. The van der Waals surface area contributed by atoms with Crippen molar-refractivity contribution in [1.82, 2.24) is 4.31 Å². The first-order chi connectivity index (χ1) is 7.01. The lowest BCUT2D eigenvalue weighted by atomic mass is 10.2. The van der Waals surface area contributed by atoms with Crippen LogP contribution in [0.4, 0.5) is 4.79 Å². The maximum atomic E-state index is 11.8. The molecule has 0 N–H and O–H groups in total. The molecular formula is C10H18N2O3S. The van der Waals surface area contributed by atoms with Gasteiger partial charge in [-0.25, -0.2) is 13.3 Å².